The van der Waals surface area contributed by atoms with Crippen LogP contribution in [0.4, 0.5) is 0 Å². The summed E-state index contributed by atoms with van der Waals surface area (Å²) in [5.74, 6) is -0.324. The van der Waals surface area contributed by atoms with E-state index in [9.17, 15) is 14.7 Å². The highest BCUT2D eigenvalue weighted by Crippen LogP contribution is 2.62. The van der Waals surface area contributed by atoms with Gasteiger partial charge in [-0.2, -0.15) is 0 Å². The molecule has 1 aliphatic heterocycles. The smallest absolute Gasteiger partial charge is 0.335 e. The number of amidine groups is 1. The Hall–Kier alpha value is -2.21. The molecule has 0 bridgehead atoms. The molecule has 0 saturated heterocycles. The summed E-state index contributed by atoms with van der Waals surface area (Å²) in [6.07, 6.45) is 12.0. The van der Waals surface area contributed by atoms with E-state index in [1.807, 2.05) is 13.0 Å². The number of aromatic carboxylic acids is 1. The zero-order valence-electron chi connectivity index (χ0n) is 18.9. The van der Waals surface area contributed by atoms with Gasteiger partial charge in [0.15, 0.2) is 5.54 Å². The number of likely N-dealkylation sites (N-methyl/N-ethyl adjacent to an activating group) is 1. The molecule has 1 amide bonds. The lowest BCUT2D eigenvalue weighted by atomic mass is 9.61. The van der Waals surface area contributed by atoms with Crippen molar-refractivity contribution in [3.8, 4) is 0 Å². The molecule has 2 spiro atoms. The van der Waals surface area contributed by atoms with Crippen molar-refractivity contribution in [2.75, 3.05) is 14.2 Å². The van der Waals surface area contributed by atoms with Gasteiger partial charge in [-0.3, -0.25) is 9.79 Å². The number of amides is 1. The van der Waals surface area contributed by atoms with Gasteiger partial charge in [-0.15, -0.1) is 0 Å². The van der Waals surface area contributed by atoms with Crippen molar-refractivity contribution in [1.29, 1.82) is 0 Å². The summed E-state index contributed by atoms with van der Waals surface area (Å²) < 4.78 is 5.53. The first-order valence-electron chi connectivity index (χ1n) is 11.6. The quantitative estimate of drug-likeness (QED) is 0.752. The van der Waals surface area contributed by atoms with Crippen molar-refractivity contribution in [2.45, 2.75) is 82.8 Å². The molecule has 0 aromatic heterocycles. The number of methoxy groups -OCH3 is 1. The van der Waals surface area contributed by atoms with E-state index < -0.39 is 11.5 Å². The predicted octanol–water partition coefficient (Wildman–Crippen LogP) is 4.55. The molecule has 168 valence electrons. The van der Waals surface area contributed by atoms with E-state index in [1.165, 1.54) is 32.1 Å². The van der Waals surface area contributed by atoms with Crippen molar-refractivity contribution in [2.24, 2.45) is 10.4 Å². The van der Waals surface area contributed by atoms with Gasteiger partial charge >= 0.3 is 5.97 Å². The van der Waals surface area contributed by atoms with Gasteiger partial charge in [0, 0.05) is 19.6 Å². The number of aliphatic imine (C=N–C) groups is 1. The molecule has 2 saturated carbocycles. The zero-order valence-corrected chi connectivity index (χ0v) is 18.9. The molecule has 6 nitrogen and oxygen atoms in total. The maximum atomic E-state index is 13.4. The Kier molecular flexibility index (Phi) is 5.95. The van der Waals surface area contributed by atoms with E-state index in [1.54, 1.807) is 31.2 Å². The summed E-state index contributed by atoms with van der Waals surface area (Å²) in [4.78, 5) is 31.5. The van der Waals surface area contributed by atoms with Gasteiger partial charge in [-0.1, -0.05) is 38.2 Å². The van der Waals surface area contributed by atoms with E-state index in [2.05, 4.69) is 0 Å². The van der Waals surface area contributed by atoms with Gasteiger partial charge in [-0.05, 0) is 62.3 Å². The molecule has 0 radical (unpaired) electrons. The van der Waals surface area contributed by atoms with Crippen LogP contribution in [0.5, 0.6) is 0 Å². The van der Waals surface area contributed by atoms with Gasteiger partial charge in [0.25, 0.3) is 5.91 Å². The highest BCUT2D eigenvalue weighted by Gasteiger charge is 2.65. The van der Waals surface area contributed by atoms with Crippen molar-refractivity contribution >= 4 is 17.7 Å². The highest BCUT2D eigenvalue weighted by atomic mass is 16.5. The number of nitrogens with zero attached hydrogens (tertiary/aromatic N) is 2. The Bertz CT molecular complexity index is 889. The normalized spacial score (nSPS) is 31.6. The fourth-order valence-corrected chi connectivity index (χ4v) is 6.06. The summed E-state index contributed by atoms with van der Waals surface area (Å²) in [5, 5.41) is 9.44. The summed E-state index contributed by atoms with van der Waals surface area (Å²) in [7, 11) is 3.49. The largest absolute Gasteiger partial charge is 0.478 e. The van der Waals surface area contributed by atoms with Crippen LogP contribution in [0.2, 0.25) is 0 Å². The first kappa shape index (κ1) is 22.0. The Morgan fingerprint density at radius 1 is 1.16 bits per heavy atom. The number of carboxylic acids is 1. The van der Waals surface area contributed by atoms with Crippen LogP contribution in [0.15, 0.2) is 23.2 Å². The molecule has 31 heavy (non-hydrogen) atoms. The standard InChI is InChI=1S/C20H24N2O4.C5H10/c1-12-21-20(18(25)22(12)2)16-10-13(17(23)24)4-5-14(16)11-19(20)8-6-15(26-3)7-9-19;1-2-4-5-3-1/h4-5,10,15H,6-9,11H2,1-3H3,(H,23,24);1-5H2. The molecule has 1 aromatic carbocycles. The Balaban J connectivity index is 0.000000407. The molecule has 1 aromatic rings. The number of carbonyl (C=O) groups excluding carboxylic acids is 1. The SMILES string of the molecule is C1CCCC1.COC1CCC2(CC1)Cc1ccc(C(=O)O)cc1C21N=C(C)N(C)C1=O. The van der Waals surface area contributed by atoms with Gasteiger partial charge in [0.05, 0.1) is 11.7 Å². The second-order valence-electron chi connectivity index (χ2n) is 9.57. The van der Waals surface area contributed by atoms with E-state index in [-0.39, 0.29) is 23.0 Å². The molecule has 4 aliphatic rings. The topological polar surface area (TPSA) is 79.2 Å². The van der Waals surface area contributed by atoms with Crippen molar-refractivity contribution in [1.82, 2.24) is 4.90 Å². The van der Waals surface area contributed by atoms with Crippen LogP contribution in [-0.4, -0.2) is 48.0 Å². The minimum Gasteiger partial charge on any atom is -0.478 e. The second kappa shape index (κ2) is 8.38. The summed E-state index contributed by atoms with van der Waals surface area (Å²) in [5.41, 5.74) is 0.740. The number of benzene rings is 1. The predicted molar refractivity (Wildman–Crippen MR) is 119 cm³/mol. The molecule has 1 unspecified atom stereocenters. The summed E-state index contributed by atoms with van der Waals surface area (Å²) >= 11 is 0. The highest BCUT2D eigenvalue weighted by molar-refractivity contribution is 6.09. The molecule has 6 heteroatoms. The Morgan fingerprint density at radius 3 is 2.26 bits per heavy atom. The van der Waals surface area contributed by atoms with E-state index in [0.717, 1.165) is 43.2 Å². The number of hydrogen-bond donors (Lipinski definition) is 1. The first-order valence-corrected chi connectivity index (χ1v) is 11.6. The molecule has 1 atom stereocenters. The lowest BCUT2D eigenvalue weighted by molar-refractivity contribution is -0.137. The second-order valence-corrected chi connectivity index (χ2v) is 9.57. The molecular weight excluding hydrogens is 392 g/mol. The van der Waals surface area contributed by atoms with E-state index in [4.69, 9.17) is 9.73 Å². The molecule has 3 aliphatic carbocycles. The molecule has 1 heterocycles. The third-order valence-corrected chi connectivity index (χ3v) is 7.95. The first-order chi connectivity index (χ1) is 14.8. The number of carboxylic acid groups (broad SMARTS) is 1. The molecule has 1 N–H and O–H groups in total. The van der Waals surface area contributed by atoms with Crippen LogP contribution < -0.4 is 0 Å². The maximum Gasteiger partial charge on any atom is 0.335 e. The van der Waals surface area contributed by atoms with Crippen LogP contribution in [0.3, 0.4) is 0 Å². The monoisotopic (exact) mass is 426 g/mol. The number of carbonyl (C=O) groups is 2. The summed E-state index contributed by atoms with van der Waals surface area (Å²) in [6, 6.07) is 5.17. The third-order valence-electron chi connectivity index (χ3n) is 7.95. The van der Waals surface area contributed by atoms with Crippen LogP contribution in [-0.2, 0) is 21.5 Å². The van der Waals surface area contributed by atoms with Crippen LogP contribution >= 0.6 is 0 Å². The lowest BCUT2D eigenvalue weighted by Crippen LogP contribution is -2.51. The van der Waals surface area contributed by atoms with Crippen molar-refractivity contribution in [3.05, 3.63) is 34.9 Å². The van der Waals surface area contributed by atoms with Crippen LogP contribution in [0, 0.1) is 5.41 Å². The Labute approximate surface area is 184 Å². The van der Waals surface area contributed by atoms with Gasteiger partial charge in [0.1, 0.15) is 5.84 Å². The van der Waals surface area contributed by atoms with Gasteiger partial charge in [0.2, 0.25) is 0 Å². The van der Waals surface area contributed by atoms with Crippen molar-refractivity contribution < 1.29 is 19.4 Å². The van der Waals surface area contributed by atoms with Gasteiger partial charge < -0.3 is 14.7 Å². The zero-order chi connectivity index (χ0) is 22.2. The lowest BCUT2D eigenvalue weighted by Gasteiger charge is -2.45. The average Bonchev–Trinajstić information content (AvgIpc) is 3.48. The molecular formula is C25H34N2O4. The van der Waals surface area contributed by atoms with Crippen LogP contribution in [0.25, 0.3) is 0 Å². The van der Waals surface area contributed by atoms with Gasteiger partial charge in [-0.25, -0.2) is 4.79 Å². The Morgan fingerprint density at radius 2 is 1.77 bits per heavy atom. The number of ether oxygens (including phenoxy) is 1. The summed E-state index contributed by atoms with van der Waals surface area (Å²) in [6.45, 7) is 1.85. The average molecular weight is 427 g/mol. The van der Waals surface area contributed by atoms with Crippen LogP contribution in [0.1, 0.15) is 86.2 Å². The number of hydrogen-bond acceptors (Lipinski definition) is 4. The minimum atomic E-state index is -0.995. The van der Waals surface area contributed by atoms with E-state index in [0.29, 0.717) is 5.84 Å². The fraction of sp³-hybridized carbons (Fsp3) is 0.640. The van der Waals surface area contributed by atoms with Crippen molar-refractivity contribution in [3.63, 3.8) is 0 Å². The molecule has 5 rings (SSSR count). The maximum absolute atomic E-state index is 13.4. The third kappa shape index (κ3) is 3.49. The molecule has 2 fully saturated rings. The van der Waals surface area contributed by atoms with E-state index >= 15 is 0 Å². The number of rotatable bonds is 2. The number of fused-ring (bicyclic) bond motifs is 3. The minimum absolute atomic E-state index is 0.0350. The fourth-order valence-electron chi connectivity index (χ4n) is 6.06.